The van der Waals surface area contributed by atoms with Crippen LogP contribution in [0, 0.1) is 6.92 Å². The van der Waals surface area contributed by atoms with E-state index in [1.54, 1.807) is 0 Å². The Hall–Kier alpha value is -0.860. The first-order valence-electron chi connectivity index (χ1n) is 7.23. The molecule has 0 aromatic heterocycles. The maximum atomic E-state index is 9.61. The van der Waals surface area contributed by atoms with E-state index in [1.165, 1.54) is 49.7 Å². The van der Waals surface area contributed by atoms with E-state index in [0.717, 1.165) is 0 Å². The Labute approximate surface area is 110 Å². The molecule has 0 saturated heterocycles. The van der Waals surface area contributed by atoms with E-state index in [2.05, 4.69) is 36.5 Å². The van der Waals surface area contributed by atoms with Crippen LogP contribution in [0.4, 0.5) is 0 Å². The zero-order valence-electron chi connectivity index (χ0n) is 11.4. The van der Waals surface area contributed by atoms with Gasteiger partial charge in [-0.15, -0.1) is 0 Å². The van der Waals surface area contributed by atoms with Crippen LogP contribution in [0.15, 0.2) is 24.3 Å². The third-order valence-electron chi connectivity index (χ3n) is 3.92. The van der Waals surface area contributed by atoms with E-state index >= 15 is 0 Å². The number of benzene rings is 1. The molecule has 1 aliphatic rings. The second-order valence-corrected chi connectivity index (χ2v) is 5.50. The minimum Gasteiger partial charge on any atom is -0.394 e. The van der Waals surface area contributed by atoms with Crippen LogP contribution in [0.3, 0.4) is 0 Å². The minimum absolute atomic E-state index is 0.0907. The minimum atomic E-state index is 0.0907. The molecule has 0 radical (unpaired) electrons. The summed E-state index contributed by atoms with van der Waals surface area (Å²) in [6, 6.07) is 9.12. The highest BCUT2D eigenvalue weighted by Crippen LogP contribution is 2.21. The number of aliphatic hydroxyl groups is 1. The summed E-state index contributed by atoms with van der Waals surface area (Å²) in [6.07, 6.45) is 7.89. The summed E-state index contributed by atoms with van der Waals surface area (Å²) in [6.45, 7) is 2.28. The highest BCUT2D eigenvalue weighted by molar-refractivity contribution is 5.25. The van der Waals surface area contributed by atoms with Gasteiger partial charge in [0, 0.05) is 6.04 Å². The van der Waals surface area contributed by atoms with Crippen LogP contribution in [0.5, 0.6) is 0 Å². The van der Waals surface area contributed by atoms with Crippen molar-refractivity contribution in [2.75, 3.05) is 6.61 Å². The molecule has 1 aliphatic carbocycles. The second-order valence-electron chi connectivity index (χ2n) is 5.50. The molecule has 2 N–H and O–H groups in total. The second kappa shape index (κ2) is 6.91. The lowest BCUT2D eigenvalue weighted by atomic mass is 10.0. The maximum Gasteiger partial charge on any atom is 0.0626 e. The van der Waals surface area contributed by atoms with Crippen molar-refractivity contribution in [3.63, 3.8) is 0 Å². The van der Waals surface area contributed by atoms with Gasteiger partial charge in [0.1, 0.15) is 0 Å². The molecular weight excluding hydrogens is 222 g/mol. The fourth-order valence-corrected chi connectivity index (χ4v) is 2.87. The van der Waals surface area contributed by atoms with Crippen LogP contribution < -0.4 is 5.32 Å². The molecule has 0 spiro atoms. The predicted molar refractivity (Wildman–Crippen MR) is 75.6 cm³/mol. The Morgan fingerprint density at radius 1 is 1.22 bits per heavy atom. The molecular formula is C16H25NO. The number of aryl methyl sites for hydroxylation is 1. The predicted octanol–water partition coefficient (Wildman–Crippen LogP) is 3.34. The fraction of sp³-hybridized carbons (Fsp3) is 0.625. The smallest absolute Gasteiger partial charge is 0.0626 e. The van der Waals surface area contributed by atoms with Gasteiger partial charge in [-0.2, -0.15) is 0 Å². The summed E-state index contributed by atoms with van der Waals surface area (Å²) >= 11 is 0. The summed E-state index contributed by atoms with van der Waals surface area (Å²) in [4.78, 5) is 0. The lowest BCUT2D eigenvalue weighted by molar-refractivity contribution is 0.228. The Balaban J connectivity index is 1.99. The highest BCUT2D eigenvalue weighted by atomic mass is 16.3. The van der Waals surface area contributed by atoms with Crippen molar-refractivity contribution < 1.29 is 5.11 Å². The average Bonchev–Trinajstić information content (AvgIpc) is 2.64. The summed E-state index contributed by atoms with van der Waals surface area (Å²) in [5, 5.41) is 13.2. The van der Waals surface area contributed by atoms with Crippen molar-refractivity contribution in [3.05, 3.63) is 35.4 Å². The van der Waals surface area contributed by atoms with Crippen LogP contribution >= 0.6 is 0 Å². The zero-order valence-corrected chi connectivity index (χ0v) is 11.4. The molecule has 2 rings (SSSR count). The van der Waals surface area contributed by atoms with Gasteiger partial charge in [0.05, 0.1) is 12.6 Å². The van der Waals surface area contributed by atoms with Gasteiger partial charge in [0.25, 0.3) is 0 Å². The molecule has 100 valence electrons. The third kappa shape index (κ3) is 3.82. The van der Waals surface area contributed by atoms with E-state index in [0.29, 0.717) is 6.04 Å². The average molecular weight is 247 g/mol. The maximum absolute atomic E-state index is 9.61. The molecule has 1 unspecified atom stereocenters. The molecule has 1 saturated carbocycles. The number of hydrogen-bond acceptors (Lipinski definition) is 2. The van der Waals surface area contributed by atoms with Gasteiger partial charge in [-0.1, -0.05) is 55.5 Å². The van der Waals surface area contributed by atoms with Crippen LogP contribution in [0.1, 0.15) is 55.7 Å². The molecule has 1 fully saturated rings. The van der Waals surface area contributed by atoms with Crippen molar-refractivity contribution >= 4 is 0 Å². The quantitative estimate of drug-likeness (QED) is 0.800. The van der Waals surface area contributed by atoms with Crippen molar-refractivity contribution in [3.8, 4) is 0 Å². The van der Waals surface area contributed by atoms with E-state index in [-0.39, 0.29) is 12.6 Å². The van der Waals surface area contributed by atoms with E-state index < -0.39 is 0 Å². The van der Waals surface area contributed by atoms with Gasteiger partial charge in [-0.05, 0) is 25.3 Å². The number of aliphatic hydroxyl groups excluding tert-OH is 1. The first kappa shape index (κ1) is 13.6. The lowest BCUT2D eigenvalue weighted by Crippen LogP contribution is -2.34. The Morgan fingerprint density at radius 2 is 1.94 bits per heavy atom. The number of hydrogen-bond donors (Lipinski definition) is 2. The van der Waals surface area contributed by atoms with Crippen molar-refractivity contribution in [2.24, 2.45) is 0 Å². The summed E-state index contributed by atoms with van der Waals surface area (Å²) < 4.78 is 0. The molecule has 0 amide bonds. The topological polar surface area (TPSA) is 32.3 Å². The van der Waals surface area contributed by atoms with E-state index in [1.807, 2.05) is 0 Å². The standard InChI is InChI=1S/C16H25NO/c1-13-7-6-8-14(11-13)16(12-18)17-15-9-4-2-3-5-10-15/h6-8,11,15-18H,2-5,9-10,12H2,1H3. The fourth-order valence-electron chi connectivity index (χ4n) is 2.87. The van der Waals surface area contributed by atoms with Crippen LogP contribution in [-0.2, 0) is 0 Å². The van der Waals surface area contributed by atoms with Crippen LogP contribution in [-0.4, -0.2) is 17.8 Å². The first-order chi connectivity index (χ1) is 8.79. The molecule has 1 atom stereocenters. The van der Waals surface area contributed by atoms with Gasteiger partial charge in [-0.3, -0.25) is 0 Å². The lowest BCUT2D eigenvalue weighted by Gasteiger charge is -2.24. The Bertz CT molecular complexity index is 356. The van der Waals surface area contributed by atoms with Crippen molar-refractivity contribution in [2.45, 2.75) is 57.5 Å². The largest absolute Gasteiger partial charge is 0.394 e. The SMILES string of the molecule is Cc1cccc(C(CO)NC2CCCCCC2)c1. The molecule has 0 bridgehead atoms. The molecule has 2 nitrogen and oxygen atoms in total. The molecule has 18 heavy (non-hydrogen) atoms. The molecule has 0 heterocycles. The monoisotopic (exact) mass is 247 g/mol. The molecule has 2 heteroatoms. The van der Waals surface area contributed by atoms with Gasteiger partial charge in [0.15, 0.2) is 0 Å². The molecule has 1 aromatic carbocycles. The number of rotatable bonds is 4. The summed E-state index contributed by atoms with van der Waals surface area (Å²) in [5.74, 6) is 0. The van der Waals surface area contributed by atoms with Crippen molar-refractivity contribution in [1.29, 1.82) is 0 Å². The van der Waals surface area contributed by atoms with Crippen LogP contribution in [0.25, 0.3) is 0 Å². The zero-order chi connectivity index (χ0) is 12.8. The van der Waals surface area contributed by atoms with Gasteiger partial charge in [0.2, 0.25) is 0 Å². The third-order valence-corrected chi connectivity index (χ3v) is 3.92. The van der Waals surface area contributed by atoms with E-state index in [4.69, 9.17) is 0 Å². The van der Waals surface area contributed by atoms with Crippen molar-refractivity contribution in [1.82, 2.24) is 5.32 Å². The molecule has 0 aliphatic heterocycles. The summed E-state index contributed by atoms with van der Waals surface area (Å²) in [5.41, 5.74) is 2.47. The summed E-state index contributed by atoms with van der Waals surface area (Å²) in [7, 11) is 0. The molecule has 1 aromatic rings. The van der Waals surface area contributed by atoms with Gasteiger partial charge >= 0.3 is 0 Å². The Morgan fingerprint density at radius 3 is 2.56 bits per heavy atom. The van der Waals surface area contributed by atoms with Crippen LogP contribution in [0.2, 0.25) is 0 Å². The Kier molecular flexibility index (Phi) is 5.21. The van der Waals surface area contributed by atoms with E-state index in [9.17, 15) is 5.11 Å². The number of nitrogens with one attached hydrogen (secondary N) is 1. The highest BCUT2D eigenvalue weighted by Gasteiger charge is 2.17. The van der Waals surface area contributed by atoms with Gasteiger partial charge in [-0.25, -0.2) is 0 Å². The normalized spacial score (nSPS) is 19.4. The first-order valence-corrected chi connectivity index (χ1v) is 7.23. The van der Waals surface area contributed by atoms with Gasteiger partial charge < -0.3 is 10.4 Å².